The van der Waals surface area contributed by atoms with E-state index in [4.69, 9.17) is 4.74 Å². The van der Waals surface area contributed by atoms with Gasteiger partial charge in [-0.2, -0.15) is 0 Å². The number of carbonyl (C=O) groups is 1. The van der Waals surface area contributed by atoms with Crippen molar-refractivity contribution in [3.05, 3.63) is 59.9 Å². The van der Waals surface area contributed by atoms with Gasteiger partial charge >= 0.3 is 5.97 Å². The second-order valence-corrected chi connectivity index (χ2v) is 6.68. The van der Waals surface area contributed by atoms with Crippen LogP contribution in [0.5, 0.6) is 5.75 Å². The highest BCUT2D eigenvalue weighted by molar-refractivity contribution is 5.72. The third-order valence-corrected chi connectivity index (χ3v) is 3.27. The monoisotopic (exact) mass is 328 g/mol. The number of benzene rings is 1. The third-order valence-electron chi connectivity index (χ3n) is 3.27. The van der Waals surface area contributed by atoms with Crippen molar-refractivity contribution in [1.82, 2.24) is 9.88 Å². The molecule has 1 aromatic carbocycles. The maximum Gasteiger partial charge on any atom is 0.320 e. The highest BCUT2D eigenvalue weighted by Crippen LogP contribution is 2.19. The van der Waals surface area contributed by atoms with Crippen molar-refractivity contribution in [2.24, 2.45) is 0 Å². The molecule has 5 nitrogen and oxygen atoms in total. The van der Waals surface area contributed by atoms with Gasteiger partial charge in [0.05, 0.1) is 12.2 Å². The van der Waals surface area contributed by atoms with Gasteiger partial charge in [0.15, 0.2) is 0 Å². The Balaban J connectivity index is 2.12. The summed E-state index contributed by atoms with van der Waals surface area (Å²) in [5.74, 6) is -0.0819. The van der Waals surface area contributed by atoms with E-state index in [2.05, 4.69) is 4.98 Å². The first-order valence-electron chi connectivity index (χ1n) is 7.94. The summed E-state index contributed by atoms with van der Waals surface area (Å²) < 4.78 is 5.41. The van der Waals surface area contributed by atoms with Crippen LogP contribution in [0.15, 0.2) is 48.7 Å². The predicted octanol–water partition coefficient (Wildman–Crippen LogP) is 3.13. The number of phenols is 1. The molecule has 0 atom stereocenters. The second-order valence-electron chi connectivity index (χ2n) is 6.68. The number of esters is 1. The van der Waals surface area contributed by atoms with Crippen molar-refractivity contribution < 1.29 is 14.6 Å². The van der Waals surface area contributed by atoms with Gasteiger partial charge in [-0.05, 0) is 39.0 Å². The van der Waals surface area contributed by atoms with Gasteiger partial charge in [0.25, 0.3) is 0 Å². The number of hydrogen-bond acceptors (Lipinski definition) is 5. The predicted molar refractivity (Wildman–Crippen MR) is 92.3 cm³/mol. The topological polar surface area (TPSA) is 62.7 Å². The molecular weight excluding hydrogens is 304 g/mol. The number of ether oxygens (including phenoxy) is 1. The van der Waals surface area contributed by atoms with E-state index in [-0.39, 0.29) is 18.3 Å². The fourth-order valence-electron chi connectivity index (χ4n) is 2.33. The molecule has 0 amide bonds. The third kappa shape index (κ3) is 6.01. The number of phenolic OH excluding ortho intramolecular Hbond substituents is 1. The van der Waals surface area contributed by atoms with Gasteiger partial charge in [0, 0.05) is 24.8 Å². The SMILES string of the molecule is CC(C)(C)OC(=O)CN(Cc1ccccn1)Cc1ccccc1O. The van der Waals surface area contributed by atoms with Gasteiger partial charge in [-0.15, -0.1) is 0 Å². The first kappa shape index (κ1) is 17.9. The molecule has 0 aliphatic heterocycles. The molecule has 2 rings (SSSR count). The lowest BCUT2D eigenvalue weighted by Gasteiger charge is -2.25. The summed E-state index contributed by atoms with van der Waals surface area (Å²) in [5.41, 5.74) is 1.09. The number of carbonyl (C=O) groups excluding carboxylic acids is 1. The van der Waals surface area contributed by atoms with Crippen LogP contribution in [-0.4, -0.2) is 33.1 Å². The molecule has 0 fully saturated rings. The first-order chi connectivity index (χ1) is 11.3. The van der Waals surface area contributed by atoms with E-state index in [1.54, 1.807) is 18.3 Å². The molecule has 1 N–H and O–H groups in total. The minimum Gasteiger partial charge on any atom is -0.508 e. The molecular formula is C19H24N2O3. The van der Waals surface area contributed by atoms with E-state index in [9.17, 15) is 9.90 Å². The van der Waals surface area contributed by atoms with Gasteiger partial charge in [0.1, 0.15) is 11.4 Å². The van der Waals surface area contributed by atoms with Crippen molar-refractivity contribution in [3.8, 4) is 5.75 Å². The van der Waals surface area contributed by atoms with Gasteiger partial charge in [-0.25, -0.2) is 0 Å². The highest BCUT2D eigenvalue weighted by Gasteiger charge is 2.20. The Bertz CT molecular complexity index is 666. The maximum atomic E-state index is 12.2. The van der Waals surface area contributed by atoms with Crippen molar-refractivity contribution in [2.45, 2.75) is 39.5 Å². The number of aromatic nitrogens is 1. The van der Waals surface area contributed by atoms with Crippen molar-refractivity contribution in [1.29, 1.82) is 0 Å². The first-order valence-corrected chi connectivity index (χ1v) is 7.94. The van der Waals surface area contributed by atoms with E-state index < -0.39 is 5.60 Å². The van der Waals surface area contributed by atoms with Gasteiger partial charge in [-0.1, -0.05) is 24.3 Å². The number of pyridine rings is 1. The summed E-state index contributed by atoms with van der Waals surface area (Å²) in [5, 5.41) is 9.99. The van der Waals surface area contributed by atoms with Crippen LogP contribution >= 0.6 is 0 Å². The van der Waals surface area contributed by atoms with E-state index in [1.807, 2.05) is 56.0 Å². The number of aromatic hydroxyl groups is 1. The number of rotatable bonds is 6. The van der Waals surface area contributed by atoms with Crippen molar-refractivity contribution >= 4 is 5.97 Å². The van der Waals surface area contributed by atoms with Crippen LogP contribution in [0.2, 0.25) is 0 Å². The highest BCUT2D eigenvalue weighted by atomic mass is 16.6. The van der Waals surface area contributed by atoms with Crippen LogP contribution in [0.1, 0.15) is 32.0 Å². The average molecular weight is 328 g/mol. The molecule has 5 heteroatoms. The minimum absolute atomic E-state index is 0.127. The molecule has 2 aromatic rings. The Morgan fingerprint density at radius 3 is 2.46 bits per heavy atom. The van der Waals surface area contributed by atoms with Crippen LogP contribution < -0.4 is 0 Å². The lowest BCUT2D eigenvalue weighted by Crippen LogP contribution is -2.34. The zero-order valence-corrected chi connectivity index (χ0v) is 14.4. The van der Waals surface area contributed by atoms with Crippen LogP contribution in [0, 0.1) is 0 Å². The molecule has 0 aliphatic carbocycles. The fourth-order valence-corrected chi connectivity index (χ4v) is 2.33. The average Bonchev–Trinajstić information content (AvgIpc) is 2.48. The van der Waals surface area contributed by atoms with Gasteiger partial charge < -0.3 is 9.84 Å². The molecule has 0 saturated carbocycles. The van der Waals surface area contributed by atoms with Crippen molar-refractivity contribution in [3.63, 3.8) is 0 Å². The molecule has 24 heavy (non-hydrogen) atoms. The minimum atomic E-state index is -0.525. The van der Waals surface area contributed by atoms with Crippen molar-refractivity contribution in [2.75, 3.05) is 6.54 Å². The molecule has 0 aliphatic rings. The van der Waals surface area contributed by atoms with Crippen LogP contribution in [0.25, 0.3) is 0 Å². The lowest BCUT2D eigenvalue weighted by molar-refractivity contribution is -0.156. The van der Waals surface area contributed by atoms with E-state index in [0.29, 0.717) is 13.1 Å². The molecule has 0 radical (unpaired) electrons. The molecule has 0 bridgehead atoms. The van der Waals surface area contributed by atoms with E-state index in [0.717, 1.165) is 11.3 Å². The number of hydrogen-bond donors (Lipinski definition) is 1. The van der Waals surface area contributed by atoms with Crippen LogP contribution in [-0.2, 0) is 22.6 Å². The molecule has 128 valence electrons. The Morgan fingerprint density at radius 1 is 1.12 bits per heavy atom. The standard InChI is InChI=1S/C19H24N2O3/c1-19(2,3)24-18(23)14-21(13-16-9-6-7-11-20-16)12-15-8-4-5-10-17(15)22/h4-11,22H,12-14H2,1-3H3. The molecule has 0 unspecified atom stereocenters. The van der Waals surface area contributed by atoms with Crippen LogP contribution in [0.4, 0.5) is 0 Å². The summed E-state index contributed by atoms with van der Waals surface area (Å²) in [4.78, 5) is 18.4. The molecule has 1 aromatic heterocycles. The van der Waals surface area contributed by atoms with Gasteiger partial charge in [0.2, 0.25) is 0 Å². The molecule has 0 saturated heterocycles. The van der Waals surface area contributed by atoms with E-state index >= 15 is 0 Å². The number of nitrogens with zero attached hydrogens (tertiary/aromatic N) is 2. The summed E-state index contributed by atoms with van der Waals surface area (Å²) in [6, 6.07) is 12.8. The molecule has 1 heterocycles. The smallest absolute Gasteiger partial charge is 0.320 e. The zero-order valence-electron chi connectivity index (χ0n) is 14.4. The Hall–Kier alpha value is -2.40. The maximum absolute atomic E-state index is 12.2. The Kier molecular flexibility index (Phi) is 5.93. The van der Waals surface area contributed by atoms with E-state index in [1.165, 1.54) is 0 Å². The largest absolute Gasteiger partial charge is 0.508 e. The summed E-state index contributed by atoms with van der Waals surface area (Å²) in [7, 11) is 0. The van der Waals surface area contributed by atoms with Gasteiger partial charge in [-0.3, -0.25) is 14.7 Å². The lowest BCUT2D eigenvalue weighted by atomic mass is 10.1. The Morgan fingerprint density at radius 2 is 1.83 bits per heavy atom. The summed E-state index contributed by atoms with van der Waals surface area (Å²) >= 11 is 0. The summed E-state index contributed by atoms with van der Waals surface area (Å²) in [6.45, 7) is 6.59. The number of para-hydroxylation sites is 1. The zero-order chi connectivity index (χ0) is 17.6. The Labute approximate surface area is 142 Å². The molecule has 0 spiro atoms. The second kappa shape index (κ2) is 7.93. The fraction of sp³-hybridized carbons (Fsp3) is 0.368. The van der Waals surface area contributed by atoms with Crippen LogP contribution in [0.3, 0.4) is 0 Å². The summed E-state index contributed by atoms with van der Waals surface area (Å²) in [6.07, 6.45) is 1.72. The normalized spacial score (nSPS) is 11.5. The quantitative estimate of drug-likeness (QED) is 0.826.